The molecule has 6 nitrogen and oxygen atoms in total. The van der Waals surface area contributed by atoms with E-state index in [0.717, 1.165) is 19.4 Å². The lowest BCUT2D eigenvalue weighted by Gasteiger charge is -2.14. The highest BCUT2D eigenvalue weighted by Crippen LogP contribution is 2.04. The molecule has 0 saturated carbocycles. The Bertz CT molecular complexity index is 318. The van der Waals surface area contributed by atoms with E-state index < -0.39 is 12.0 Å². The summed E-state index contributed by atoms with van der Waals surface area (Å²) < 4.78 is 0. The molecule has 0 aromatic heterocycles. The Morgan fingerprint density at radius 2 is 1.70 bits per heavy atom. The van der Waals surface area contributed by atoms with Crippen molar-refractivity contribution in [3.8, 4) is 0 Å². The van der Waals surface area contributed by atoms with E-state index in [0.29, 0.717) is 25.7 Å². The fraction of sp³-hybridized carbons (Fsp3) is 0.786. The molecule has 0 aromatic rings. The standard InChI is InChI=1S/C14H26N2O4/c1-11(17)7-3-4-9-13(18)16-12(14(19)20)8-5-6-10-15-2/h12,15H,3-10H2,1-2H3,(H,16,18)(H,19,20). The van der Waals surface area contributed by atoms with Crippen LogP contribution in [0.1, 0.15) is 51.9 Å². The number of hydrogen-bond acceptors (Lipinski definition) is 4. The Hall–Kier alpha value is -1.43. The van der Waals surface area contributed by atoms with E-state index in [1.165, 1.54) is 6.92 Å². The number of carboxylic acids is 1. The van der Waals surface area contributed by atoms with Crippen LogP contribution in [0.5, 0.6) is 0 Å². The molecule has 0 aliphatic heterocycles. The van der Waals surface area contributed by atoms with Gasteiger partial charge >= 0.3 is 5.97 Å². The number of nitrogens with one attached hydrogen (secondary N) is 2. The molecular formula is C14H26N2O4. The van der Waals surface area contributed by atoms with Crippen molar-refractivity contribution < 1.29 is 19.5 Å². The van der Waals surface area contributed by atoms with Gasteiger partial charge in [-0.1, -0.05) is 0 Å². The first-order valence-corrected chi connectivity index (χ1v) is 7.13. The van der Waals surface area contributed by atoms with Gasteiger partial charge in [0.25, 0.3) is 0 Å². The van der Waals surface area contributed by atoms with Crippen LogP contribution < -0.4 is 10.6 Å². The lowest BCUT2D eigenvalue weighted by molar-refractivity contribution is -0.142. The van der Waals surface area contributed by atoms with Crippen molar-refractivity contribution in [2.75, 3.05) is 13.6 Å². The Balaban J connectivity index is 3.89. The SMILES string of the molecule is CNCCCCC(NC(=O)CCCCC(C)=O)C(=O)O. The normalized spacial score (nSPS) is 11.9. The number of carbonyl (C=O) groups is 3. The smallest absolute Gasteiger partial charge is 0.326 e. The molecule has 1 amide bonds. The van der Waals surface area contributed by atoms with Gasteiger partial charge in [-0.15, -0.1) is 0 Å². The van der Waals surface area contributed by atoms with Crippen LogP contribution in [-0.2, 0) is 14.4 Å². The number of aliphatic carboxylic acids is 1. The number of Topliss-reactive ketones (excluding diaryl/α,β-unsaturated/α-hetero) is 1. The lowest BCUT2D eigenvalue weighted by Crippen LogP contribution is -2.40. The number of hydrogen-bond donors (Lipinski definition) is 3. The molecule has 0 saturated heterocycles. The number of unbranched alkanes of at least 4 members (excludes halogenated alkanes) is 2. The molecule has 0 spiro atoms. The van der Waals surface area contributed by atoms with E-state index in [-0.39, 0.29) is 18.1 Å². The Morgan fingerprint density at radius 3 is 2.25 bits per heavy atom. The van der Waals surface area contributed by atoms with Gasteiger partial charge in [0.2, 0.25) is 5.91 Å². The first-order valence-electron chi connectivity index (χ1n) is 7.13. The minimum Gasteiger partial charge on any atom is -0.480 e. The van der Waals surface area contributed by atoms with Crippen molar-refractivity contribution in [1.29, 1.82) is 0 Å². The molecule has 20 heavy (non-hydrogen) atoms. The molecule has 0 heterocycles. The first kappa shape index (κ1) is 18.6. The van der Waals surface area contributed by atoms with Gasteiger partial charge in [-0.25, -0.2) is 4.79 Å². The summed E-state index contributed by atoms with van der Waals surface area (Å²) in [5, 5.41) is 14.6. The van der Waals surface area contributed by atoms with Crippen molar-refractivity contribution >= 4 is 17.7 Å². The van der Waals surface area contributed by atoms with Gasteiger partial charge in [-0.3, -0.25) is 4.79 Å². The van der Waals surface area contributed by atoms with Crippen LogP contribution >= 0.6 is 0 Å². The summed E-state index contributed by atoms with van der Waals surface area (Å²) in [6, 6.07) is -0.813. The summed E-state index contributed by atoms with van der Waals surface area (Å²) in [4.78, 5) is 33.4. The van der Waals surface area contributed by atoms with Crippen LogP contribution in [0.25, 0.3) is 0 Å². The number of amides is 1. The number of ketones is 1. The van der Waals surface area contributed by atoms with Gasteiger partial charge in [0.1, 0.15) is 11.8 Å². The molecule has 0 rings (SSSR count). The molecule has 1 atom stereocenters. The van der Waals surface area contributed by atoms with Crippen molar-refractivity contribution in [2.45, 2.75) is 57.9 Å². The summed E-state index contributed by atoms with van der Waals surface area (Å²) in [6.07, 6.45) is 4.10. The largest absolute Gasteiger partial charge is 0.480 e. The van der Waals surface area contributed by atoms with E-state index in [9.17, 15) is 14.4 Å². The zero-order chi connectivity index (χ0) is 15.4. The summed E-state index contributed by atoms with van der Waals surface area (Å²) in [7, 11) is 1.84. The van der Waals surface area contributed by atoms with Crippen molar-refractivity contribution in [3.05, 3.63) is 0 Å². The van der Waals surface area contributed by atoms with Crippen LogP contribution in [0.15, 0.2) is 0 Å². The summed E-state index contributed by atoms with van der Waals surface area (Å²) >= 11 is 0. The predicted molar refractivity (Wildman–Crippen MR) is 76.5 cm³/mol. The molecule has 6 heteroatoms. The highest BCUT2D eigenvalue weighted by molar-refractivity contribution is 5.83. The van der Waals surface area contributed by atoms with E-state index in [1.54, 1.807) is 0 Å². The second kappa shape index (κ2) is 11.4. The van der Waals surface area contributed by atoms with Crippen LogP contribution in [-0.4, -0.2) is 42.4 Å². The second-order valence-electron chi connectivity index (χ2n) is 4.97. The average Bonchev–Trinajstić information content (AvgIpc) is 2.37. The molecule has 116 valence electrons. The maximum atomic E-state index is 11.6. The van der Waals surface area contributed by atoms with Crippen LogP contribution in [0.3, 0.4) is 0 Å². The highest BCUT2D eigenvalue weighted by Gasteiger charge is 2.18. The summed E-state index contributed by atoms with van der Waals surface area (Å²) in [6.45, 7) is 2.36. The molecule has 0 radical (unpaired) electrons. The zero-order valence-corrected chi connectivity index (χ0v) is 12.4. The molecule has 3 N–H and O–H groups in total. The Morgan fingerprint density at radius 1 is 1.05 bits per heavy atom. The van der Waals surface area contributed by atoms with Crippen LogP contribution in [0.2, 0.25) is 0 Å². The second-order valence-corrected chi connectivity index (χ2v) is 4.97. The first-order chi connectivity index (χ1) is 9.47. The molecule has 0 aromatic carbocycles. The third-order valence-electron chi connectivity index (χ3n) is 2.99. The van der Waals surface area contributed by atoms with Crippen LogP contribution in [0, 0.1) is 0 Å². The maximum absolute atomic E-state index is 11.6. The summed E-state index contributed by atoms with van der Waals surface area (Å²) in [5.74, 6) is -1.14. The number of carbonyl (C=O) groups excluding carboxylic acids is 2. The van der Waals surface area contributed by atoms with E-state index in [1.807, 2.05) is 7.05 Å². The number of carboxylic acid groups (broad SMARTS) is 1. The van der Waals surface area contributed by atoms with Gasteiger partial charge in [0.05, 0.1) is 0 Å². The Labute approximate surface area is 120 Å². The fourth-order valence-corrected chi connectivity index (χ4v) is 1.83. The van der Waals surface area contributed by atoms with E-state index in [4.69, 9.17) is 5.11 Å². The molecule has 0 bridgehead atoms. The van der Waals surface area contributed by atoms with Crippen molar-refractivity contribution in [2.24, 2.45) is 0 Å². The average molecular weight is 286 g/mol. The highest BCUT2D eigenvalue weighted by atomic mass is 16.4. The van der Waals surface area contributed by atoms with E-state index >= 15 is 0 Å². The zero-order valence-electron chi connectivity index (χ0n) is 12.4. The minimum atomic E-state index is -0.994. The van der Waals surface area contributed by atoms with E-state index in [2.05, 4.69) is 10.6 Å². The molecule has 1 unspecified atom stereocenters. The quantitative estimate of drug-likeness (QED) is 0.467. The van der Waals surface area contributed by atoms with Gasteiger partial charge < -0.3 is 20.5 Å². The Kier molecular flexibility index (Phi) is 10.6. The minimum absolute atomic E-state index is 0.110. The van der Waals surface area contributed by atoms with Crippen LogP contribution in [0.4, 0.5) is 0 Å². The maximum Gasteiger partial charge on any atom is 0.326 e. The van der Waals surface area contributed by atoms with Gasteiger partial charge in [-0.05, 0) is 52.6 Å². The van der Waals surface area contributed by atoms with Gasteiger partial charge in [0.15, 0.2) is 0 Å². The molecule has 0 aliphatic rings. The third kappa shape index (κ3) is 10.5. The van der Waals surface area contributed by atoms with Crippen molar-refractivity contribution in [1.82, 2.24) is 10.6 Å². The fourth-order valence-electron chi connectivity index (χ4n) is 1.83. The van der Waals surface area contributed by atoms with Gasteiger partial charge in [0, 0.05) is 12.8 Å². The lowest BCUT2D eigenvalue weighted by atomic mass is 10.1. The van der Waals surface area contributed by atoms with Gasteiger partial charge in [-0.2, -0.15) is 0 Å². The monoisotopic (exact) mass is 286 g/mol. The third-order valence-corrected chi connectivity index (χ3v) is 2.99. The van der Waals surface area contributed by atoms with Crippen molar-refractivity contribution in [3.63, 3.8) is 0 Å². The molecule has 0 fully saturated rings. The predicted octanol–water partition coefficient (Wildman–Crippen LogP) is 1.09. The molecular weight excluding hydrogens is 260 g/mol. The topological polar surface area (TPSA) is 95.5 Å². The summed E-state index contributed by atoms with van der Waals surface area (Å²) in [5.41, 5.74) is 0. The number of rotatable bonds is 12. The molecule has 0 aliphatic carbocycles.